The third-order valence-electron chi connectivity index (χ3n) is 2.71. The van der Waals surface area contributed by atoms with Crippen LogP contribution >= 0.6 is 27.5 Å². The zero-order chi connectivity index (χ0) is 14.9. The zero-order valence-electron chi connectivity index (χ0n) is 11.3. The lowest BCUT2D eigenvalue weighted by molar-refractivity contribution is 0.427. The van der Waals surface area contributed by atoms with Gasteiger partial charge in [0.1, 0.15) is 10.9 Å². The predicted octanol–water partition coefficient (Wildman–Crippen LogP) is 4.28. The molecule has 6 heteroatoms. The van der Waals surface area contributed by atoms with E-state index in [1.807, 2.05) is 18.2 Å². The van der Waals surface area contributed by atoms with Crippen LogP contribution in [-0.2, 0) is 5.41 Å². The van der Waals surface area contributed by atoms with Crippen molar-refractivity contribution in [2.45, 2.75) is 26.2 Å². The summed E-state index contributed by atoms with van der Waals surface area (Å²) in [6.07, 6.45) is 0. The van der Waals surface area contributed by atoms with Gasteiger partial charge in [-0.15, -0.1) is 5.10 Å². The lowest BCUT2D eigenvalue weighted by atomic mass is 9.86. The Morgan fingerprint density at radius 3 is 2.65 bits per heavy atom. The van der Waals surface area contributed by atoms with Crippen LogP contribution in [0.5, 0.6) is 11.6 Å². The van der Waals surface area contributed by atoms with Gasteiger partial charge in [-0.25, -0.2) is 0 Å². The molecular formula is C14H14BrClN2O2. The van der Waals surface area contributed by atoms with E-state index >= 15 is 0 Å². The van der Waals surface area contributed by atoms with Crippen molar-refractivity contribution < 1.29 is 4.74 Å². The summed E-state index contributed by atoms with van der Waals surface area (Å²) in [6.45, 7) is 6.21. The fraction of sp³-hybridized carbons (Fsp3) is 0.286. The van der Waals surface area contributed by atoms with Crippen molar-refractivity contribution >= 4 is 27.5 Å². The molecule has 0 atom stereocenters. The van der Waals surface area contributed by atoms with Crippen LogP contribution in [0.4, 0.5) is 0 Å². The molecule has 2 rings (SSSR count). The second-order valence-electron chi connectivity index (χ2n) is 5.35. The summed E-state index contributed by atoms with van der Waals surface area (Å²) in [5, 5.41) is 6.51. The molecule has 1 aromatic heterocycles. The number of para-hydroxylation sites is 1. The molecule has 106 valence electrons. The van der Waals surface area contributed by atoms with Gasteiger partial charge in [0.25, 0.3) is 5.88 Å². The summed E-state index contributed by atoms with van der Waals surface area (Å²) in [6, 6.07) is 6.98. The highest BCUT2D eigenvalue weighted by Crippen LogP contribution is 2.38. The van der Waals surface area contributed by atoms with Gasteiger partial charge >= 0.3 is 0 Å². The van der Waals surface area contributed by atoms with Crippen LogP contribution < -0.4 is 10.2 Å². The Bertz CT molecular complexity index is 692. The van der Waals surface area contributed by atoms with E-state index in [1.165, 1.54) is 6.07 Å². The highest BCUT2D eigenvalue weighted by Gasteiger charge is 2.22. The smallest absolute Gasteiger partial charge is 0.285 e. The number of rotatable bonds is 2. The summed E-state index contributed by atoms with van der Waals surface area (Å²) in [7, 11) is 0. The number of benzene rings is 1. The van der Waals surface area contributed by atoms with Crippen molar-refractivity contribution in [1.82, 2.24) is 10.2 Å². The number of aromatic nitrogens is 2. The Labute approximate surface area is 130 Å². The Morgan fingerprint density at radius 2 is 2.05 bits per heavy atom. The molecule has 1 N–H and O–H groups in total. The Hall–Kier alpha value is -1.33. The lowest BCUT2D eigenvalue weighted by Gasteiger charge is -2.23. The first-order valence-corrected chi connectivity index (χ1v) is 7.18. The van der Waals surface area contributed by atoms with E-state index in [2.05, 4.69) is 46.9 Å². The van der Waals surface area contributed by atoms with Gasteiger partial charge in [-0.3, -0.25) is 9.89 Å². The van der Waals surface area contributed by atoms with Gasteiger partial charge in [0.2, 0.25) is 5.43 Å². The topological polar surface area (TPSA) is 55.0 Å². The molecule has 0 saturated heterocycles. The van der Waals surface area contributed by atoms with Crippen LogP contribution in [0.15, 0.2) is 33.5 Å². The van der Waals surface area contributed by atoms with Crippen molar-refractivity contribution in [2.75, 3.05) is 0 Å². The van der Waals surface area contributed by atoms with E-state index in [1.54, 1.807) is 0 Å². The fourth-order valence-corrected chi connectivity index (χ4v) is 2.33. The molecule has 2 aromatic rings. The molecule has 4 nitrogen and oxygen atoms in total. The number of halogens is 2. The molecule has 0 amide bonds. The van der Waals surface area contributed by atoms with E-state index in [9.17, 15) is 4.79 Å². The number of hydrogen-bond acceptors (Lipinski definition) is 3. The molecule has 0 aliphatic rings. The summed E-state index contributed by atoms with van der Waals surface area (Å²) in [4.78, 5) is 11.8. The maximum atomic E-state index is 11.8. The number of nitrogens with zero attached hydrogens (tertiary/aromatic N) is 1. The van der Waals surface area contributed by atoms with Crippen LogP contribution in [0.1, 0.15) is 26.3 Å². The van der Waals surface area contributed by atoms with Crippen LogP contribution in [0.25, 0.3) is 0 Å². The molecule has 0 aliphatic heterocycles. The fourth-order valence-electron chi connectivity index (χ4n) is 1.74. The highest BCUT2D eigenvalue weighted by molar-refractivity contribution is 9.10. The Morgan fingerprint density at radius 1 is 1.35 bits per heavy atom. The number of ether oxygens (including phenoxy) is 1. The second kappa shape index (κ2) is 5.58. The molecule has 20 heavy (non-hydrogen) atoms. The largest absolute Gasteiger partial charge is 0.433 e. The second-order valence-corrected chi connectivity index (χ2v) is 6.62. The van der Waals surface area contributed by atoms with Crippen molar-refractivity contribution in [3.8, 4) is 11.6 Å². The zero-order valence-corrected chi connectivity index (χ0v) is 13.7. The quantitative estimate of drug-likeness (QED) is 0.873. The molecular weight excluding hydrogens is 344 g/mol. The lowest BCUT2D eigenvalue weighted by Crippen LogP contribution is -2.15. The van der Waals surface area contributed by atoms with E-state index in [0.29, 0.717) is 5.75 Å². The molecule has 1 heterocycles. The van der Waals surface area contributed by atoms with Gasteiger partial charge in [0.15, 0.2) is 0 Å². The Kier molecular flexibility index (Phi) is 4.20. The minimum absolute atomic E-state index is 0.0354. The van der Waals surface area contributed by atoms with E-state index in [4.69, 9.17) is 16.3 Å². The first-order valence-electron chi connectivity index (χ1n) is 6.01. The maximum absolute atomic E-state index is 11.8. The van der Waals surface area contributed by atoms with Gasteiger partial charge in [0, 0.05) is 11.6 Å². The van der Waals surface area contributed by atoms with Crippen LogP contribution in [-0.4, -0.2) is 10.2 Å². The van der Waals surface area contributed by atoms with Crippen molar-refractivity contribution in [3.63, 3.8) is 0 Å². The molecule has 0 radical (unpaired) electrons. The van der Waals surface area contributed by atoms with Gasteiger partial charge in [-0.1, -0.05) is 44.5 Å². The third kappa shape index (κ3) is 3.22. The van der Waals surface area contributed by atoms with Crippen molar-refractivity contribution in [3.05, 3.63) is 49.7 Å². The molecule has 1 aromatic carbocycles. The average Bonchev–Trinajstić information content (AvgIpc) is 2.33. The third-order valence-corrected chi connectivity index (χ3v) is 3.52. The summed E-state index contributed by atoms with van der Waals surface area (Å²) < 4.78 is 6.46. The molecule has 0 bridgehead atoms. The standard InChI is InChI=1S/C14H14BrClN2O2/c1-14(2,3)8-5-4-6-9(15)12(8)20-13-10(19)7-11(16)17-18-13/h4-7H,1-3H3,(H,17,19). The van der Waals surface area contributed by atoms with Crippen molar-refractivity contribution in [2.24, 2.45) is 0 Å². The van der Waals surface area contributed by atoms with Crippen molar-refractivity contribution in [1.29, 1.82) is 0 Å². The van der Waals surface area contributed by atoms with Crippen LogP contribution in [0.2, 0.25) is 5.15 Å². The Balaban J connectivity index is 2.51. The molecule has 0 fully saturated rings. The predicted molar refractivity (Wildman–Crippen MR) is 82.8 cm³/mol. The van der Waals surface area contributed by atoms with E-state index in [0.717, 1.165) is 10.0 Å². The highest BCUT2D eigenvalue weighted by atomic mass is 79.9. The van der Waals surface area contributed by atoms with Gasteiger partial charge in [0.05, 0.1) is 4.47 Å². The van der Waals surface area contributed by atoms with Gasteiger partial charge in [-0.05, 0) is 27.4 Å². The van der Waals surface area contributed by atoms with E-state index in [-0.39, 0.29) is 21.9 Å². The first-order chi connectivity index (χ1) is 9.29. The normalized spacial score (nSPS) is 11.4. The number of hydrogen-bond donors (Lipinski definition) is 1. The minimum atomic E-state index is -0.371. The van der Waals surface area contributed by atoms with Gasteiger partial charge in [-0.2, -0.15) is 0 Å². The summed E-state index contributed by atoms with van der Waals surface area (Å²) in [5.74, 6) is 0.548. The maximum Gasteiger partial charge on any atom is 0.285 e. The average molecular weight is 358 g/mol. The minimum Gasteiger partial charge on any atom is -0.433 e. The van der Waals surface area contributed by atoms with Crippen LogP contribution in [0, 0.1) is 0 Å². The summed E-state index contributed by atoms with van der Waals surface area (Å²) in [5.41, 5.74) is 0.477. The van der Waals surface area contributed by atoms with Gasteiger partial charge < -0.3 is 4.74 Å². The molecule has 0 aliphatic carbocycles. The number of H-pyrrole nitrogens is 1. The first kappa shape index (κ1) is 15.1. The van der Waals surface area contributed by atoms with Crippen LogP contribution in [0.3, 0.4) is 0 Å². The molecule has 0 spiro atoms. The SMILES string of the molecule is CC(C)(C)c1cccc(Br)c1Oc1n[nH]c(Cl)cc1=O. The monoisotopic (exact) mass is 356 g/mol. The molecule has 0 saturated carbocycles. The number of aromatic amines is 1. The van der Waals surface area contributed by atoms with E-state index < -0.39 is 0 Å². The summed E-state index contributed by atoms with van der Waals surface area (Å²) >= 11 is 9.12. The molecule has 0 unspecified atom stereocenters. The number of nitrogens with one attached hydrogen (secondary N) is 1.